The topological polar surface area (TPSA) is 119 Å². The van der Waals surface area contributed by atoms with Crippen LogP contribution in [0.1, 0.15) is 83.8 Å². The Hall–Kier alpha value is -4.73. The molecular formula is C41H46N4O4S. The van der Waals surface area contributed by atoms with E-state index < -0.39 is 12.0 Å². The first-order valence-electron chi connectivity index (χ1n) is 17.3. The second-order valence-corrected chi connectivity index (χ2v) is 14.0. The number of carboxylic acids is 1. The number of carboxylic acid groups (broad SMARTS) is 1. The molecule has 0 saturated carbocycles. The largest absolute Gasteiger partial charge is 0.478 e. The van der Waals surface area contributed by atoms with Gasteiger partial charge in [-0.05, 0) is 78.6 Å². The van der Waals surface area contributed by atoms with Gasteiger partial charge in [0.1, 0.15) is 5.82 Å². The monoisotopic (exact) mass is 690 g/mol. The van der Waals surface area contributed by atoms with E-state index in [2.05, 4.69) is 11.5 Å². The fourth-order valence-electron chi connectivity index (χ4n) is 6.19. The lowest BCUT2D eigenvalue weighted by Crippen LogP contribution is -2.41. The third-order valence-corrected chi connectivity index (χ3v) is 10.5. The summed E-state index contributed by atoms with van der Waals surface area (Å²) >= 11 is 0.921. The summed E-state index contributed by atoms with van der Waals surface area (Å²) in [6.07, 6.45) is 3.01. The Kier molecular flexibility index (Phi) is 11.9. The van der Waals surface area contributed by atoms with Crippen LogP contribution in [-0.2, 0) is 24.2 Å². The average Bonchev–Trinajstić information content (AvgIpc) is 3.47. The minimum atomic E-state index is -0.964. The molecule has 3 atom stereocenters. The van der Waals surface area contributed by atoms with E-state index in [0.29, 0.717) is 24.1 Å². The van der Waals surface area contributed by atoms with Crippen LogP contribution < -0.4 is 5.73 Å². The number of benzene rings is 4. The summed E-state index contributed by atoms with van der Waals surface area (Å²) in [7, 11) is 0. The lowest BCUT2D eigenvalue weighted by Gasteiger charge is -2.29. The molecule has 260 valence electrons. The average molecular weight is 691 g/mol. The minimum Gasteiger partial charge on any atom is -0.478 e. The van der Waals surface area contributed by atoms with E-state index in [0.717, 1.165) is 70.3 Å². The number of fused-ring (bicyclic) bond motifs is 1. The first-order valence-corrected chi connectivity index (χ1v) is 18.1. The lowest BCUT2D eigenvalue weighted by atomic mass is 9.98. The molecule has 3 N–H and O–H groups in total. The summed E-state index contributed by atoms with van der Waals surface area (Å²) in [5.41, 5.74) is 13.2. The molecule has 5 aromatic rings. The predicted octanol–water partition coefficient (Wildman–Crippen LogP) is 8.33. The Morgan fingerprint density at radius 3 is 2.26 bits per heavy atom. The SMILES string of the molecule is CCCc1nc2c(C)cc(C(=O)N(SC(=O)C(N)C(C)CC)C(C)Cc3ccccc3)cc2n1Cc1ccc(-c2ccccc2C(=O)O)cc1. The summed E-state index contributed by atoms with van der Waals surface area (Å²) in [5, 5.41) is 9.46. The first-order chi connectivity index (χ1) is 24.0. The molecule has 0 fully saturated rings. The molecule has 50 heavy (non-hydrogen) atoms. The maximum absolute atomic E-state index is 14.5. The highest BCUT2D eigenvalue weighted by Crippen LogP contribution is 2.30. The van der Waals surface area contributed by atoms with Gasteiger partial charge >= 0.3 is 5.97 Å². The van der Waals surface area contributed by atoms with Crippen molar-refractivity contribution in [2.75, 3.05) is 0 Å². The molecular weight excluding hydrogens is 645 g/mol. The third kappa shape index (κ3) is 8.17. The van der Waals surface area contributed by atoms with E-state index in [1.165, 1.54) is 0 Å². The van der Waals surface area contributed by atoms with Crippen LogP contribution in [0.15, 0.2) is 91.0 Å². The van der Waals surface area contributed by atoms with Crippen LogP contribution in [-0.4, -0.2) is 48.0 Å². The van der Waals surface area contributed by atoms with Crippen molar-refractivity contribution >= 4 is 40.0 Å². The van der Waals surface area contributed by atoms with Crippen LogP contribution >= 0.6 is 11.9 Å². The zero-order valence-electron chi connectivity index (χ0n) is 29.4. The normalized spacial score (nSPS) is 13.2. The van der Waals surface area contributed by atoms with Gasteiger partial charge in [0.05, 0.1) is 22.6 Å². The number of hydrogen-bond acceptors (Lipinski definition) is 6. The highest BCUT2D eigenvalue weighted by molar-refractivity contribution is 8.12. The maximum Gasteiger partial charge on any atom is 0.336 e. The van der Waals surface area contributed by atoms with Crippen LogP contribution in [0.25, 0.3) is 22.2 Å². The van der Waals surface area contributed by atoms with Gasteiger partial charge in [-0.15, -0.1) is 0 Å². The van der Waals surface area contributed by atoms with E-state index in [1.54, 1.807) is 16.4 Å². The first kappa shape index (κ1) is 36.5. The van der Waals surface area contributed by atoms with E-state index in [9.17, 15) is 19.5 Å². The van der Waals surface area contributed by atoms with Crippen LogP contribution in [0.5, 0.6) is 0 Å². The molecule has 1 heterocycles. The standard InChI is InChI=1S/C41H46N4O4S/c1-6-13-36-43-38-27(4)22-32(39(46)45(50-41(49)37(42)26(3)7-2)28(5)23-29-14-9-8-10-15-29)24-35(38)44(36)25-30-18-20-31(21-19-30)33-16-11-12-17-34(33)40(47)48/h8-12,14-22,24,26,28,37H,6-7,13,23,25,42H2,1-5H3,(H,47,48). The molecule has 1 amide bonds. The second-order valence-electron chi connectivity index (χ2n) is 13.1. The Balaban J connectivity index is 1.51. The quantitative estimate of drug-likeness (QED) is 0.119. The molecule has 0 saturated heterocycles. The molecule has 0 aliphatic carbocycles. The smallest absolute Gasteiger partial charge is 0.336 e. The van der Waals surface area contributed by atoms with Crippen LogP contribution in [0.4, 0.5) is 0 Å². The number of nitrogens with zero attached hydrogens (tertiary/aromatic N) is 3. The van der Waals surface area contributed by atoms with Gasteiger partial charge in [0, 0.05) is 36.5 Å². The fraction of sp³-hybridized carbons (Fsp3) is 0.317. The van der Waals surface area contributed by atoms with E-state index in [4.69, 9.17) is 10.7 Å². The molecule has 0 aliphatic heterocycles. The van der Waals surface area contributed by atoms with Crippen molar-refractivity contribution in [3.05, 3.63) is 125 Å². The number of carbonyl (C=O) groups excluding carboxylic acids is 2. The zero-order valence-corrected chi connectivity index (χ0v) is 30.2. The summed E-state index contributed by atoms with van der Waals surface area (Å²) in [5.74, 6) is -0.302. The van der Waals surface area contributed by atoms with Gasteiger partial charge in [-0.25, -0.2) is 9.78 Å². The molecule has 0 bridgehead atoms. The Morgan fingerprint density at radius 1 is 0.920 bits per heavy atom. The number of aryl methyl sites for hydroxylation is 2. The summed E-state index contributed by atoms with van der Waals surface area (Å²) in [6.45, 7) is 10.5. The van der Waals surface area contributed by atoms with Gasteiger partial charge in [0.2, 0.25) is 5.12 Å². The number of nitrogens with two attached hydrogens (primary N) is 1. The molecule has 0 aliphatic rings. The second kappa shape index (κ2) is 16.3. The molecule has 0 radical (unpaired) electrons. The third-order valence-electron chi connectivity index (χ3n) is 9.30. The fourth-order valence-corrected chi connectivity index (χ4v) is 7.18. The molecule has 9 heteroatoms. The Labute approximate surface area is 298 Å². The number of carbonyl (C=O) groups is 3. The molecule has 0 spiro atoms. The Morgan fingerprint density at radius 2 is 1.60 bits per heavy atom. The van der Waals surface area contributed by atoms with Gasteiger partial charge in [-0.3, -0.25) is 13.9 Å². The molecule has 5 rings (SSSR count). The van der Waals surface area contributed by atoms with Crippen LogP contribution in [0.2, 0.25) is 0 Å². The lowest BCUT2D eigenvalue weighted by molar-refractivity contribution is -0.113. The van der Waals surface area contributed by atoms with Crippen molar-refractivity contribution in [1.29, 1.82) is 0 Å². The van der Waals surface area contributed by atoms with Crippen molar-refractivity contribution in [1.82, 2.24) is 13.9 Å². The van der Waals surface area contributed by atoms with Crippen molar-refractivity contribution in [3.8, 4) is 11.1 Å². The molecule has 3 unspecified atom stereocenters. The van der Waals surface area contributed by atoms with Gasteiger partial charge < -0.3 is 15.4 Å². The summed E-state index contributed by atoms with van der Waals surface area (Å²) in [6, 6.07) is 27.6. The van der Waals surface area contributed by atoms with Crippen molar-refractivity contribution in [2.45, 2.75) is 78.9 Å². The van der Waals surface area contributed by atoms with Crippen molar-refractivity contribution < 1.29 is 19.5 Å². The van der Waals surface area contributed by atoms with Gasteiger partial charge in [0.25, 0.3) is 5.91 Å². The van der Waals surface area contributed by atoms with Gasteiger partial charge in [-0.1, -0.05) is 100.0 Å². The molecule has 1 aromatic heterocycles. The van der Waals surface area contributed by atoms with Gasteiger partial charge in [-0.2, -0.15) is 0 Å². The number of imidazole rings is 1. The van der Waals surface area contributed by atoms with Gasteiger partial charge in [0.15, 0.2) is 0 Å². The summed E-state index contributed by atoms with van der Waals surface area (Å²) < 4.78 is 3.76. The van der Waals surface area contributed by atoms with E-state index in [-0.39, 0.29) is 28.5 Å². The predicted molar refractivity (Wildman–Crippen MR) is 202 cm³/mol. The zero-order chi connectivity index (χ0) is 35.9. The van der Waals surface area contributed by atoms with Crippen molar-refractivity contribution in [3.63, 3.8) is 0 Å². The van der Waals surface area contributed by atoms with Crippen LogP contribution in [0.3, 0.4) is 0 Å². The highest BCUT2D eigenvalue weighted by atomic mass is 32.2. The summed E-state index contributed by atoms with van der Waals surface area (Å²) in [4.78, 5) is 44.7. The van der Waals surface area contributed by atoms with E-state index in [1.807, 2.05) is 107 Å². The number of hydrogen-bond donors (Lipinski definition) is 2. The highest BCUT2D eigenvalue weighted by Gasteiger charge is 2.30. The van der Waals surface area contributed by atoms with Crippen molar-refractivity contribution in [2.24, 2.45) is 11.7 Å². The molecule has 4 aromatic carbocycles. The minimum absolute atomic E-state index is 0.0118. The number of aromatic nitrogens is 2. The molecule has 8 nitrogen and oxygen atoms in total. The number of rotatable bonds is 13. The van der Waals surface area contributed by atoms with Crippen LogP contribution in [0, 0.1) is 12.8 Å². The Bertz CT molecular complexity index is 1970. The number of aromatic carboxylic acids is 1. The maximum atomic E-state index is 14.5. The number of amides is 1. The van der Waals surface area contributed by atoms with E-state index >= 15 is 0 Å².